The van der Waals surface area contributed by atoms with Crippen molar-refractivity contribution < 1.29 is 0 Å². The predicted molar refractivity (Wildman–Crippen MR) is 344 cm³/mol. The number of hydrogen-bond donors (Lipinski definition) is 0. The van der Waals surface area contributed by atoms with E-state index in [-0.39, 0.29) is 10.8 Å². The molecule has 0 radical (unpaired) electrons. The van der Waals surface area contributed by atoms with Crippen molar-refractivity contribution in [2.45, 2.75) is 218 Å². The summed E-state index contributed by atoms with van der Waals surface area (Å²) in [6.07, 6.45) is 36.9. The van der Waals surface area contributed by atoms with Crippen LogP contribution in [0.1, 0.15) is 230 Å². The Bertz CT molecular complexity index is 3020. The molecule has 0 bridgehead atoms. The average Bonchev–Trinajstić information content (AvgIpc) is 4.20. The van der Waals surface area contributed by atoms with E-state index in [4.69, 9.17) is 0 Å². The van der Waals surface area contributed by atoms with Gasteiger partial charge in [0.05, 0.1) is 0 Å². The molecular formula is C76H93NS. The summed E-state index contributed by atoms with van der Waals surface area (Å²) in [5, 5.41) is 2.70. The van der Waals surface area contributed by atoms with E-state index in [0.717, 1.165) is 0 Å². The van der Waals surface area contributed by atoms with Crippen molar-refractivity contribution in [2.75, 3.05) is 4.90 Å². The van der Waals surface area contributed by atoms with Crippen molar-refractivity contribution in [1.82, 2.24) is 0 Å². The van der Waals surface area contributed by atoms with Crippen LogP contribution in [-0.2, 0) is 10.8 Å². The number of thiophene rings is 1. The van der Waals surface area contributed by atoms with Crippen LogP contribution >= 0.6 is 11.3 Å². The van der Waals surface area contributed by atoms with E-state index >= 15 is 0 Å². The van der Waals surface area contributed by atoms with E-state index in [1.165, 1.54) is 250 Å². The fraction of sp³-hybridized carbons (Fsp3) is 0.447. The van der Waals surface area contributed by atoms with Crippen LogP contribution in [0.2, 0.25) is 0 Å². The van der Waals surface area contributed by atoms with Gasteiger partial charge in [-0.3, -0.25) is 0 Å². The fourth-order valence-electron chi connectivity index (χ4n) is 14.5. The number of rotatable bonds is 32. The van der Waals surface area contributed by atoms with Crippen LogP contribution in [0.15, 0.2) is 152 Å². The van der Waals surface area contributed by atoms with Gasteiger partial charge in [-0.15, -0.1) is 11.3 Å². The van der Waals surface area contributed by atoms with Gasteiger partial charge in [0, 0.05) is 48.1 Å². The monoisotopic (exact) mass is 1050 g/mol. The lowest BCUT2D eigenvalue weighted by Crippen LogP contribution is -2.25. The molecule has 0 saturated carbocycles. The quantitative estimate of drug-likeness (QED) is 0.0380. The second-order valence-electron chi connectivity index (χ2n) is 24.0. The number of fused-ring (bicyclic) bond motifs is 9. The van der Waals surface area contributed by atoms with Gasteiger partial charge >= 0.3 is 0 Å². The van der Waals surface area contributed by atoms with Gasteiger partial charge in [0.15, 0.2) is 0 Å². The Balaban J connectivity index is 1.08. The van der Waals surface area contributed by atoms with Gasteiger partial charge in [-0.2, -0.15) is 0 Å². The zero-order chi connectivity index (χ0) is 53.6. The van der Waals surface area contributed by atoms with Crippen LogP contribution in [0.4, 0.5) is 17.1 Å². The van der Waals surface area contributed by atoms with E-state index < -0.39 is 0 Å². The van der Waals surface area contributed by atoms with Gasteiger partial charge in [0.25, 0.3) is 0 Å². The molecule has 1 nitrogen and oxygen atoms in total. The molecule has 78 heavy (non-hydrogen) atoms. The zero-order valence-corrected chi connectivity index (χ0v) is 49.4. The lowest BCUT2D eigenvalue weighted by atomic mass is 9.70. The van der Waals surface area contributed by atoms with Crippen LogP contribution in [0, 0.1) is 0 Å². The molecule has 0 amide bonds. The molecule has 2 aliphatic rings. The largest absolute Gasteiger partial charge is 0.310 e. The highest BCUT2D eigenvalue weighted by molar-refractivity contribution is 7.25. The number of benzene rings is 7. The highest BCUT2D eigenvalue weighted by atomic mass is 32.1. The molecule has 0 fully saturated rings. The smallest absolute Gasteiger partial charge is 0.0468 e. The summed E-state index contributed by atoms with van der Waals surface area (Å²) >= 11 is 1.91. The first kappa shape index (κ1) is 55.9. The van der Waals surface area contributed by atoms with Crippen molar-refractivity contribution in [3.05, 3.63) is 174 Å². The molecule has 7 aromatic carbocycles. The minimum Gasteiger partial charge on any atom is -0.310 e. The first-order chi connectivity index (χ1) is 38.5. The zero-order valence-electron chi connectivity index (χ0n) is 48.6. The van der Waals surface area contributed by atoms with Crippen LogP contribution in [0.3, 0.4) is 0 Å². The third-order valence-corrected chi connectivity index (χ3v) is 19.8. The molecule has 0 unspecified atom stereocenters. The highest BCUT2D eigenvalue weighted by Crippen LogP contribution is 2.58. The molecule has 408 valence electrons. The van der Waals surface area contributed by atoms with Crippen molar-refractivity contribution in [1.29, 1.82) is 0 Å². The summed E-state index contributed by atoms with van der Waals surface area (Å²) in [4.78, 5) is 2.62. The number of unbranched alkanes of at least 4 members (excludes halogenated alkanes) is 20. The van der Waals surface area contributed by atoms with Gasteiger partial charge in [0.1, 0.15) is 0 Å². The Kier molecular flexibility index (Phi) is 19.4. The topological polar surface area (TPSA) is 3.24 Å². The van der Waals surface area contributed by atoms with Gasteiger partial charge in [-0.05, 0) is 130 Å². The van der Waals surface area contributed by atoms with E-state index in [9.17, 15) is 0 Å². The third-order valence-electron chi connectivity index (χ3n) is 18.7. The Morgan fingerprint density at radius 3 is 1.19 bits per heavy atom. The molecule has 0 aliphatic heterocycles. The number of anilines is 3. The van der Waals surface area contributed by atoms with E-state index in [1.807, 2.05) is 11.3 Å². The first-order valence-corrected chi connectivity index (χ1v) is 32.7. The van der Waals surface area contributed by atoms with Crippen molar-refractivity contribution in [2.24, 2.45) is 0 Å². The number of hydrogen-bond acceptors (Lipinski definition) is 2. The molecule has 0 spiro atoms. The summed E-state index contributed by atoms with van der Waals surface area (Å²) in [5.41, 5.74) is 18.4. The second-order valence-corrected chi connectivity index (χ2v) is 25.1. The van der Waals surface area contributed by atoms with Crippen LogP contribution in [0.25, 0.3) is 53.6 Å². The molecule has 0 atom stereocenters. The molecule has 0 N–H and O–H groups in total. The lowest BCUT2D eigenvalue weighted by molar-refractivity contribution is 0.398. The summed E-state index contributed by atoms with van der Waals surface area (Å²) in [6, 6.07) is 60.1. The summed E-state index contributed by atoms with van der Waals surface area (Å²) in [7, 11) is 0. The summed E-state index contributed by atoms with van der Waals surface area (Å²) < 4.78 is 2.70. The van der Waals surface area contributed by atoms with Gasteiger partial charge in [-0.1, -0.05) is 285 Å². The van der Waals surface area contributed by atoms with Crippen LogP contribution in [0.5, 0.6) is 0 Å². The van der Waals surface area contributed by atoms with E-state index in [0.29, 0.717) is 0 Å². The average molecular weight is 1050 g/mol. The summed E-state index contributed by atoms with van der Waals surface area (Å²) in [5.74, 6) is 0. The minimum atomic E-state index is 0.0442. The van der Waals surface area contributed by atoms with E-state index in [2.05, 4.69) is 184 Å². The molecule has 2 aliphatic carbocycles. The minimum absolute atomic E-state index is 0.0442. The standard InChI is InChI=1S/C76H93NS/c1-5-9-13-17-21-31-50-75(51-32-22-18-14-10-6-2)69-41-28-25-38-63(69)67-56-61(45-48-71(67)75)77(60-37-35-36-58(54-60)59-44-47-66-65-40-27-30-43-73(65)78-74(66)55-59)62-46-49-72-68(57-62)64-39-26-29-42-70(64)76(72,52-33-23-19-15-11-7-3)53-34-24-20-16-12-8-4/h25-30,35-49,54-57H,5-24,31-34,50-53H2,1-4H3. The molecule has 10 rings (SSSR count). The maximum Gasteiger partial charge on any atom is 0.0468 e. The maximum absolute atomic E-state index is 2.62. The fourth-order valence-corrected chi connectivity index (χ4v) is 15.7. The summed E-state index contributed by atoms with van der Waals surface area (Å²) in [6.45, 7) is 9.35. The second kappa shape index (κ2) is 27.1. The van der Waals surface area contributed by atoms with Gasteiger partial charge in [-0.25, -0.2) is 0 Å². The van der Waals surface area contributed by atoms with Gasteiger partial charge in [0.2, 0.25) is 0 Å². The molecule has 8 aromatic rings. The van der Waals surface area contributed by atoms with Crippen molar-refractivity contribution >= 4 is 48.6 Å². The molecular weight excluding hydrogens is 959 g/mol. The third kappa shape index (κ3) is 12.0. The molecule has 2 heteroatoms. The van der Waals surface area contributed by atoms with E-state index in [1.54, 1.807) is 22.3 Å². The van der Waals surface area contributed by atoms with Crippen LogP contribution in [-0.4, -0.2) is 0 Å². The van der Waals surface area contributed by atoms with Crippen molar-refractivity contribution in [3.8, 4) is 33.4 Å². The normalized spacial score (nSPS) is 13.7. The van der Waals surface area contributed by atoms with Crippen LogP contribution < -0.4 is 4.90 Å². The Hall–Kier alpha value is -5.44. The molecule has 1 aromatic heterocycles. The Morgan fingerprint density at radius 2 is 0.692 bits per heavy atom. The molecule has 0 saturated heterocycles. The predicted octanol–water partition coefficient (Wildman–Crippen LogP) is 24.7. The SMILES string of the molecule is CCCCCCCCC1(CCCCCCCC)c2ccccc2-c2cc(N(c3cccc(-c4ccc5c(c4)sc4ccccc45)c3)c3ccc4c(c3)-c3ccccc3C4(CCCCCCCC)CCCCCCCC)ccc21. The first-order valence-electron chi connectivity index (χ1n) is 31.8. The Morgan fingerprint density at radius 1 is 0.295 bits per heavy atom. The molecule has 1 heterocycles. The highest BCUT2D eigenvalue weighted by Gasteiger charge is 2.44. The number of nitrogens with zero attached hydrogens (tertiary/aromatic N) is 1. The maximum atomic E-state index is 2.62. The lowest BCUT2D eigenvalue weighted by Gasteiger charge is -2.34. The van der Waals surface area contributed by atoms with Crippen molar-refractivity contribution in [3.63, 3.8) is 0 Å². The van der Waals surface area contributed by atoms with Gasteiger partial charge < -0.3 is 4.90 Å². The Labute approximate surface area is 476 Å².